The van der Waals surface area contributed by atoms with Crippen LogP contribution in [0.2, 0.25) is 0 Å². The van der Waals surface area contributed by atoms with E-state index in [0.717, 1.165) is 11.1 Å². The van der Waals surface area contributed by atoms with Crippen molar-refractivity contribution in [1.82, 2.24) is 10.2 Å². The van der Waals surface area contributed by atoms with Crippen molar-refractivity contribution in [3.8, 4) is 11.1 Å². The second-order valence-corrected chi connectivity index (χ2v) is 8.50. The molecule has 8 nitrogen and oxygen atoms in total. The van der Waals surface area contributed by atoms with Crippen LogP contribution in [-0.4, -0.2) is 64.9 Å². The van der Waals surface area contributed by atoms with Gasteiger partial charge in [-0.2, -0.15) is 0 Å². The number of rotatable bonds is 8. The standard InChI is InChI=1S/C25H28N2O6/c28-16-13-22(24(30)31)27(14-16)23(29)11-5-6-12-26-25(32)33-15-21-19-9-3-1-7-17(19)18-8-2-4-10-20(18)21/h1-4,7-10,16,21-22,28H,5-6,11-15H2,(H,26,32)(H,30,31)/t16?,22-/m0/s1. The van der Waals surface area contributed by atoms with Crippen LogP contribution >= 0.6 is 0 Å². The smallest absolute Gasteiger partial charge is 0.407 e. The van der Waals surface area contributed by atoms with Crippen LogP contribution in [-0.2, 0) is 14.3 Å². The lowest BCUT2D eigenvalue weighted by Gasteiger charge is -2.21. The number of carbonyl (C=O) groups excluding carboxylic acids is 2. The van der Waals surface area contributed by atoms with E-state index in [1.54, 1.807) is 0 Å². The van der Waals surface area contributed by atoms with E-state index in [1.807, 2.05) is 24.3 Å². The lowest BCUT2D eigenvalue weighted by Crippen LogP contribution is -2.40. The summed E-state index contributed by atoms with van der Waals surface area (Å²) in [4.78, 5) is 36.9. The highest BCUT2D eigenvalue weighted by Crippen LogP contribution is 2.44. The normalized spacial score (nSPS) is 19.1. The van der Waals surface area contributed by atoms with Gasteiger partial charge in [-0.1, -0.05) is 48.5 Å². The number of aliphatic carboxylic acids is 1. The fourth-order valence-electron chi connectivity index (χ4n) is 4.71. The SMILES string of the molecule is O=C(NCCCCC(=O)N1CC(O)C[C@H]1C(=O)O)OCC1c2ccccc2-c2ccccc21. The highest BCUT2D eigenvalue weighted by Gasteiger charge is 2.38. The maximum atomic E-state index is 12.3. The number of alkyl carbamates (subject to hydrolysis) is 1. The molecule has 2 atom stereocenters. The molecule has 4 rings (SSSR count). The molecular formula is C25H28N2O6. The molecule has 174 valence electrons. The topological polar surface area (TPSA) is 116 Å². The Labute approximate surface area is 192 Å². The number of hydrogen-bond donors (Lipinski definition) is 3. The predicted octanol–water partition coefficient (Wildman–Crippen LogP) is 2.74. The molecule has 2 aliphatic rings. The average molecular weight is 453 g/mol. The first kappa shape index (κ1) is 22.8. The van der Waals surface area contributed by atoms with Gasteiger partial charge in [0.2, 0.25) is 5.91 Å². The third-order valence-electron chi connectivity index (χ3n) is 6.31. The molecule has 0 aromatic heterocycles. The highest BCUT2D eigenvalue weighted by molar-refractivity contribution is 5.84. The van der Waals surface area contributed by atoms with Crippen LogP contribution in [0.4, 0.5) is 4.79 Å². The van der Waals surface area contributed by atoms with Crippen LogP contribution < -0.4 is 5.32 Å². The summed E-state index contributed by atoms with van der Waals surface area (Å²) in [6.07, 6.45) is -0.0132. The molecule has 3 N–H and O–H groups in total. The van der Waals surface area contributed by atoms with Crippen molar-refractivity contribution in [2.24, 2.45) is 0 Å². The second kappa shape index (κ2) is 10.0. The number of benzene rings is 2. The van der Waals surface area contributed by atoms with E-state index in [2.05, 4.69) is 29.6 Å². The molecule has 2 aromatic carbocycles. The molecule has 1 aliphatic carbocycles. The number of aliphatic hydroxyl groups excluding tert-OH is 1. The van der Waals surface area contributed by atoms with Crippen molar-refractivity contribution < 1.29 is 29.3 Å². The minimum Gasteiger partial charge on any atom is -0.480 e. The average Bonchev–Trinajstić information content (AvgIpc) is 3.36. The molecule has 1 saturated heterocycles. The molecule has 1 aliphatic heterocycles. The third kappa shape index (κ3) is 5.01. The van der Waals surface area contributed by atoms with Crippen molar-refractivity contribution in [3.05, 3.63) is 59.7 Å². The summed E-state index contributed by atoms with van der Waals surface area (Å²) < 4.78 is 5.48. The maximum Gasteiger partial charge on any atom is 0.407 e. The van der Waals surface area contributed by atoms with Crippen molar-refractivity contribution >= 4 is 18.0 Å². The van der Waals surface area contributed by atoms with Gasteiger partial charge < -0.3 is 25.2 Å². The zero-order valence-electron chi connectivity index (χ0n) is 18.3. The molecule has 2 aromatic rings. The van der Waals surface area contributed by atoms with Crippen molar-refractivity contribution in [2.75, 3.05) is 19.7 Å². The molecule has 0 bridgehead atoms. The number of nitrogens with zero attached hydrogens (tertiary/aromatic N) is 1. The molecule has 0 saturated carbocycles. The van der Waals surface area contributed by atoms with E-state index < -0.39 is 24.2 Å². The van der Waals surface area contributed by atoms with Crippen molar-refractivity contribution in [1.29, 1.82) is 0 Å². The molecule has 1 fully saturated rings. The largest absolute Gasteiger partial charge is 0.480 e. The zero-order valence-corrected chi connectivity index (χ0v) is 18.3. The Morgan fingerprint density at radius 1 is 1.00 bits per heavy atom. The van der Waals surface area contributed by atoms with Gasteiger partial charge in [0, 0.05) is 31.8 Å². The van der Waals surface area contributed by atoms with Crippen molar-refractivity contribution in [2.45, 2.75) is 43.7 Å². The minimum atomic E-state index is -1.10. The van der Waals surface area contributed by atoms with Gasteiger partial charge in [0.05, 0.1) is 6.10 Å². The van der Waals surface area contributed by atoms with Crippen LogP contribution in [0.15, 0.2) is 48.5 Å². The van der Waals surface area contributed by atoms with E-state index >= 15 is 0 Å². The number of carbonyl (C=O) groups is 3. The number of carboxylic acids is 1. The van der Waals surface area contributed by atoms with Gasteiger partial charge in [0.25, 0.3) is 0 Å². The number of carboxylic acid groups (broad SMARTS) is 1. The number of nitrogens with one attached hydrogen (secondary N) is 1. The van der Waals surface area contributed by atoms with E-state index in [1.165, 1.54) is 16.0 Å². The predicted molar refractivity (Wildman–Crippen MR) is 121 cm³/mol. The zero-order chi connectivity index (χ0) is 23.4. The van der Waals surface area contributed by atoms with Gasteiger partial charge in [0.1, 0.15) is 12.6 Å². The summed E-state index contributed by atoms with van der Waals surface area (Å²) in [5.74, 6) is -1.39. The second-order valence-electron chi connectivity index (χ2n) is 8.50. The number of amides is 2. The Morgan fingerprint density at radius 3 is 2.27 bits per heavy atom. The molecule has 2 amide bonds. The molecule has 8 heteroatoms. The summed E-state index contributed by atoms with van der Waals surface area (Å²) in [6, 6.07) is 15.3. The number of hydrogen-bond acceptors (Lipinski definition) is 5. The highest BCUT2D eigenvalue weighted by atomic mass is 16.5. The quantitative estimate of drug-likeness (QED) is 0.531. The molecule has 0 spiro atoms. The Bertz CT molecular complexity index is 994. The first-order chi connectivity index (χ1) is 16.0. The van der Waals surface area contributed by atoms with Gasteiger partial charge in [-0.05, 0) is 35.1 Å². The molecular weight excluding hydrogens is 424 g/mol. The van der Waals surface area contributed by atoms with Crippen LogP contribution in [0, 0.1) is 0 Å². The third-order valence-corrected chi connectivity index (χ3v) is 6.31. The van der Waals surface area contributed by atoms with Gasteiger partial charge in [0.15, 0.2) is 0 Å². The van der Waals surface area contributed by atoms with E-state index in [-0.39, 0.29) is 37.8 Å². The lowest BCUT2D eigenvalue weighted by molar-refractivity contribution is -0.148. The monoisotopic (exact) mass is 452 g/mol. The fraction of sp³-hybridized carbons (Fsp3) is 0.400. The Kier molecular flexibility index (Phi) is 6.93. The molecule has 1 unspecified atom stereocenters. The summed E-state index contributed by atoms with van der Waals surface area (Å²) in [6.45, 7) is 0.648. The number of likely N-dealkylation sites (tertiary alicyclic amines) is 1. The Morgan fingerprint density at radius 2 is 1.64 bits per heavy atom. The summed E-state index contributed by atoms with van der Waals surface area (Å²) in [5.41, 5.74) is 4.64. The first-order valence-electron chi connectivity index (χ1n) is 11.2. The number of fused-ring (bicyclic) bond motifs is 3. The number of β-amino-alcohol motifs (C(OH)–C–C–N with tert-alkyl or cyclic N) is 1. The number of aliphatic hydroxyl groups is 1. The Balaban J connectivity index is 1.19. The summed E-state index contributed by atoms with van der Waals surface area (Å²) in [5, 5.41) is 21.6. The number of unbranched alkanes of at least 4 members (excludes halogenated alkanes) is 1. The minimum absolute atomic E-state index is 0.00114. The number of ether oxygens (including phenoxy) is 1. The van der Waals surface area contributed by atoms with Gasteiger partial charge in [-0.25, -0.2) is 9.59 Å². The van der Waals surface area contributed by atoms with E-state index in [9.17, 15) is 24.6 Å². The molecule has 1 heterocycles. The van der Waals surface area contributed by atoms with Crippen LogP contribution in [0.3, 0.4) is 0 Å². The summed E-state index contributed by atoms with van der Waals surface area (Å²) >= 11 is 0. The fourth-order valence-corrected chi connectivity index (χ4v) is 4.71. The van der Waals surface area contributed by atoms with Crippen LogP contribution in [0.1, 0.15) is 42.7 Å². The molecule has 33 heavy (non-hydrogen) atoms. The Hall–Kier alpha value is -3.39. The molecule has 0 radical (unpaired) electrons. The van der Waals surface area contributed by atoms with Gasteiger partial charge in [-0.15, -0.1) is 0 Å². The summed E-state index contributed by atoms with van der Waals surface area (Å²) in [7, 11) is 0. The van der Waals surface area contributed by atoms with Gasteiger partial charge >= 0.3 is 12.1 Å². The van der Waals surface area contributed by atoms with E-state index in [4.69, 9.17) is 4.74 Å². The van der Waals surface area contributed by atoms with Crippen LogP contribution in [0.5, 0.6) is 0 Å². The lowest BCUT2D eigenvalue weighted by atomic mass is 9.98. The first-order valence-corrected chi connectivity index (χ1v) is 11.2. The van der Waals surface area contributed by atoms with Gasteiger partial charge in [-0.3, -0.25) is 4.79 Å². The maximum absolute atomic E-state index is 12.3. The van der Waals surface area contributed by atoms with E-state index in [0.29, 0.717) is 19.4 Å². The van der Waals surface area contributed by atoms with Crippen molar-refractivity contribution in [3.63, 3.8) is 0 Å². The van der Waals surface area contributed by atoms with Crippen LogP contribution in [0.25, 0.3) is 11.1 Å².